The molecule has 27 heavy (non-hydrogen) atoms. The zero-order valence-electron chi connectivity index (χ0n) is 14.7. The third-order valence-electron chi connectivity index (χ3n) is 4.11. The van der Waals surface area contributed by atoms with Crippen molar-refractivity contribution in [3.05, 3.63) is 74.7 Å². The minimum Gasteiger partial charge on any atom is -0.308 e. The maximum atomic E-state index is 12.5. The fraction of sp³-hybridized carbons (Fsp3) is 0.167. The molecule has 0 atom stereocenters. The first kappa shape index (κ1) is 17.2. The van der Waals surface area contributed by atoms with Gasteiger partial charge in [0.25, 0.3) is 5.56 Å². The van der Waals surface area contributed by atoms with Gasteiger partial charge in [-0.3, -0.25) is 14.3 Å². The monoisotopic (exact) mass is 380 g/mol. The first-order valence-electron chi connectivity index (χ1n) is 8.24. The van der Waals surface area contributed by atoms with Crippen LogP contribution in [0.15, 0.2) is 62.5 Å². The zero-order chi connectivity index (χ0) is 19.0. The van der Waals surface area contributed by atoms with Gasteiger partial charge in [-0.25, -0.2) is 19.7 Å². The number of H-pyrrole nitrogens is 1. The van der Waals surface area contributed by atoms with E-state index in [1.807, 2.05) is 43.3 Å². The van der Waals surface area contributed by atoms with E-state index in [-0.39, 0.29) is 0 Å². The van der Waals surface area contributed by atoms with Crippen LogP contribution in [-0.2, 0) is 13.6 Å². The second-order valence-electron chi connectivity index (χ2n) is 6.04. The number of imidazole rings is 1. The predicted molar refractivity (Wildman–Crippen MR) is 102 cm³/mol. The highest BCUT2D eigenvalue weighted by Crippen LogP contribution is 2.27. The number of fused-ring (bicyclic) bond motifs is 1. The van der Waals surface area contributed by atoms with E-state index in [2.05, 4.69) is 19.9 Å². The second-order valence-corrected chi connectivity index (χ2v) is 6.97. The van der Waals surface area contributed by atoms with Crippen LogP contribution in [0.3, 0.4) is 0 Å². The normalized spacial score (nSPS) is 11.2. The van der Waals surface area contributed by atoms with Crippen LogP contribution >= 0.6 is 11.8 Å². The number of aromatic amines is 1. The average Bonchev–Trinajstić information content (AvgIpc) is 2.99. The van der Waals surface area contributed by atoms with Crippen molar-refractivity contribution in [1.82, 2.24) is 29.1 Å². The standard InChI is InChI=1S/C18H16N6O2S/c1-11-8-9-19-16(20-11)27-18-21-14-13(15(25)22-17(26)23(14)2)24(18)10-12-6-4-3-5-7-12/h3-9H,10H2,1-2H3,(H,22,25,26). The molecule has 136 valence electrons. The van der Waals surface area contributed by atoms with Crippen LogP contribution in [0.2, 0.25) is 0 Å². The fourth-order valence-electron chi connectivity index (χ4n) is 2.76. The Morgan fingerprint density at radius 1 is 1.11 bits per heavy atom. The predicted octanol–water partition coefficient (Wildman–Crippen LogP) is 1.72. The first-order chi connectivity index (χ1) is 13.0. The Balaban J connectivity index is 1.92. The lowest BCUT2D eigenvalue weighted by Crippen LogP contribution is -2.29. The van der Waals surface area contributed by atoms with E-state index in [1.165, 1.54) is 16.3 Å². The molecular weight excluding hydrogens is 364 g/mol. The number of benzene rings is 1. The van der Waals surface area contributed by atoms with Crippen molar-refractivity contribution in [2.24, 2.45) is 7.05 Å². The summed E-state index contributed by atoms with van der Waals surface area (Å²) in [4.78, 5) is 40.0. The van der Waals surface area contributed by atoms with Crippen molar-refractivity contribution in [1.29, 1.82) is 0 Å². The van der Waals surface area contributed by atoms with Gasteiger partial charge in [-0.15, -0.1) is 0 Å². The number of aromatic nitrogens is 6. The molecule has 0 aliphatic heterocycles. The van der Waals surface area contributed by atoms with Gasteiger partial charge in [0.05, 0.1) is 6.54 Å². The molecule has 3 heterocycles. The molecule has 0 spiro atoms. The van der Waals surface area contributed by atoms with Crippen molar-refractivity contribution >= 4 is 22.9 Å². The van der Waals surface area contributed by atoms with Crippen LogP contribution in [0, 0.1) is 6.92 Å². The van der Waals surface area contributed by atoms with E-state index in [0.29, 0.717) is 28.0 Å². The molecular formula is C18H16N6O2S. The minimum atomic E-state index is -0.500. The largest absolute Gasteiger partial charge is 0.329 e. The third-order valence-corrected chi connectivity index (χ3v) is 4.98. The number of hydrogen-bond donors (Lipinski definition) is 1. The van der Waals surface area contributed by atoms with Gasteiger partial charge in [0.15, 0.2) is 21.5 Å². The molecule has 0 unspecified atom stereocenters. The summed E-state index contributed by atoms with van der Waals surface area (Å²) < 4.78 is 3.12. The van der Waals surface area contributed by atoms with Crippen molar-refractivity contribution in [3.8, 4) is 0 Å². The summed E-state index contributed by atoms with van der Waals surface area (Å²) in [6.45, 7) is 2.32. The molecule has 8 nitrogen and oxygen atoms in total. The van der Waals surface area contributed by atoms with Gasteiger partial charge < -0.3 is 4.57 Å². The molecule has 0 aliphatic rings. The number of hydrogen-bond acceptors (Lipinski definition) is 6. The Morgan fingerprint density at radius 3 is 2.63 bits per heavy atom. The summed E-state index contributed by atoms with van der Waals surface area (Å²) in [6.07, 6.45) is 1.68. The van der Waals surface area contributed by atoms with Gasteiger partial charge in [0.1, 0.15) is 0 Å². The highest BCUT2D eigenvalue weighted by molar-refractivity contribution is 7.99. The number of nitrogens with one attached hydrogen (secondary N) is 1. The average molecular weight is 380 g/mol. The van der Waals surface area contributed by atoms with Crippen molar-refractivity contribution in [2.45, 2.75) is 23.8 Å². The fourth-order valence-corrected chi connectivity index (χ4v) is 3.63. The van der Waals surface area contributed by atoms with E-state index >= 15 is 0 Å². The lowest BCUT2D eigenvalue weighted by Gasteiger charge is -2.08. The molecule has 1 N–H and O–H groups in total. The molecule has 1 aromatic carbocycles. The summed E-state index contributed by atoms with van der Waals surface area (Å²) in [5, 5.41) is 1.08. The van der Waals surface area contributed by atoms with E-state index in [9.17, 15) is 9.59 Å². The molecule has 0 aliphatic carbocycles. The number of aryl methyl sites for hydroxylation is 2. The summed E-state index contributed by atoms with van der Waals surface area (Å²) in [7, 11) is 1.58. The Hall–Kier alpha value is -3.20. The van der Waals surface area contributed by atoms with Gasteiger partial charge in [-0.2, -0.15) is 0 Å². The molecule has 0 amide bonds. The molecule has 0 saturated heterocycles. The van der Waals surface area contributed by atoms with Crippen molar-refractivity contribution in [3.63, 3.8) is 0 Å². The topological polar surface area (TPSA) is 98.5 Å². The highest BCUT2D eigenvalue weighted by atomic mass is 32.2. The van der Waals surface area contributed by atoms with Crippen molar-refractivity contribution in [2.75, 3.05) is 0 Å². The van der Waals surface area contributed by atoms with Crippen LogP contribution in [0.25, 0.3) is 11.2 Å². The summed E-state index contributed by atoms with van der Waals surface area (Å²) >= 11 is 1.26. The van der Waals surface area contributed by atoms with Crippen molar-refractivity contribution < 1.29 is 0 Å². The molecule has 0 saturated carbocycles. The van der Waals surface area contributed by atoms with Crippen LogP contribution in [-0.4, -0.2) is 29.1 Å². The zero-order valence-corrected chi connectivity index (χ0v) is 15.5. The Kier molecular flexibility index (Phi) is 4.36. The lowest BCUT2D eigenvalue weighted by molar-refractivity contribution is 0.725. The van der Waals surface area contributed by atoms with Gasteiger partial charge in [-0.05, 0) is 30.3 Å². The maximum Gasteiger partial charge on any atom is 0.329 e. The van der Waals surface area contributed by atoms with Crippen LogP contribution in [0.1, 0.15) is 11.3 Å². The third kappa shape index (κ3) is 3.28. The molecule has 0 radical (unpaired) electrons. The molecule has 0 fully saturated rings. The van der Waals surface area contributed by atoms with Gasteiger partial charge in [0.2, 0.25) is 0 Å². The van der Waals surface area contributed by atoms with E-state index in [4.69, 9.17) is 0 Å². The smallest absolute Gasteiger partial charge is 0.308 e. The Bertz CT molecular complexity index is 1240. The van der Waals surface area contributed by atoms with Gasteiger partial charge >= 0.3 is 5.69 Å². The molecule has 0 bridgehead atoms. The quantitative estimate of drug-likeness (QED) is 0.541. The van der Waals surface area contributed by atoms with E-state index in [1.54, 1.807) is 17.8 Å². The van der Waals surface area contributed by atoms with Crippen LogP contribution in [0.4, 0.5) is 0 Å². The molecule has 4 aromatic rings. The van der Waals surface area contributed by atoms with Gasteiger partial charge in [0, 0.05) is 18.9 Å². The van der Waals surface area contributed by atoms with Crippen LogP contribution < -0.4 is 11.2 Å². The molecule has 4 rings (SSSR count). The maximum absolute atomic E-state index is 12.5. The Labute approximate surface area is 157 Å². The number of rotatable bonds is 4. The number of nitrogens with zero attached hydrogens (tertiary/aromatic N) is 5. The highest BCUT2D eigenvalue weighted by Gasteiger charge is 2.19. The van der Waals surface area contributed by atoms with Crippen LogP contribution in [0.5, 0.6) is 0 Å². The summed E-state index contributed by atoms with van der Waals surface area (Å²) in [6, 6.07) is 11.6. The second kappa shape index (κ2) is 6.84. The minimum absolute atomic E-state index is 0.329. The van der Waals surface area contributed by atoms with E-state index in [0.717, 1.165) is 11.3 Å². The Morgan fingerprint density at radius 2 is 1.89 bits per heavy atom. The SMILES string of the molecule is Cc1ccnc(Sc2nc3c(c(=O)[nH]c(=O)n3C)n2Cc2ccccc2)n1. The lowest BCUT2D eigenvalue weighted by atomic mass is 10.2. The van der Waals surface area contributed by atoms with Gasteiger partial charge in [-0.1, -0.05) is 30.3 Å². The van der Waals surface area contributed by atoms with E-state index < -0.39 is 11.2 Å². The summed E-state index contributed by atoms with van der Waals surface area (Å²) in [5.74, 6) is 0. The first-order valence-corrected chi connectivity index (χ1v) is 9.05. The summed E-state index contributed by atoms with van der Waals surface area (Å²) in [5.41, 5.74) is 1.56. The molecule has 9 heteroatoms. The molecule has 3 aromatic heterocycles.